The highest BCUT2D eigenvalue weighted by atomic mass is 35.5. The number of carbonyl (C=O) groups excluding carboxylic acids is 1. The van der Waals surface area contributed by atoms with Gasteiger partial charge in [-0.25, -0.2) is 0 Å². The second-order valence-electron chi connectivity index (χ2n) is 4.17. The zero-order chi connectivity index (χ0) is 11.7. The number of aliphatic hydroxyl groups excluding tert-OH is 1. The molecule has 2 rings (SSSR count). The highest BCUT2D eigenvalue weighted by Crippen LogP contribution is 2.32. The second-order valence-corrected chi connectivity index (χ2v) is 4.54. The third-order valence-electron chi connectivity index (χ3n) is 2.93. The van der Waals surface area contributed by atoms with Crippen molar-refractivity contribution >= 4 is 23.2 Å². The van der Waals surface area contributed by atoms with E-state index in [1.807, 2.05) is 25.1 Å². The first-order chi connectivity index (χ1) is 7.63. The van der Waals surface area contributed by atoms with Crippen molar-refractivity contribution in [1.82, 2.24) is 0 Å². The lowest BCUT2D eigenvalue weighted by molar-refractivity contribution is -0.117. The van der Waals surface area contributed by atoms with E-state index < -0.39 is 0 Å². The van der Waals surface area contributed by atoms with Crippen LogP contribution in [-0.2, 0) is 4.79 Å². The number of aliphatic hydroxyl groups is 1. The predicted molar refractivity (Wildman–Crippen MR) is 63.7 cm³/mol. The minimum atomic E-state index is 0.0316. The van der Waals surface area contributed by atoms with Crippen molar-refractivity contribution < 1.29 is 9.90 Å². The number of carbonyl (C=O) groups is 1. The molecule has 1 unspecified atom stereocenters. The first kappa shape index (κ1) is 11.4. The Morgan fingerprint density at radius 3 is 2.94 bits per heavy atom. The van der Waals surface area contributed by atoms with Gasteiger partial charge < -0.3 is 10.0 Å². The predicted octanol–water partition coefficient (Wildman–Crippen LogP) is 1.99. The summed E-state index contributed by atoms with van der Waals surface area (Å²) >= 11 is 6.17. The highest BCUT2D eigenvalue weighted by Gasteiger charge is 2.31. The van der Waals surface area contributed by atoms with Gasteiger partial charge in [-0.3, -0.25) is 4.79 Å². The minimum Gasteiger partial charge on any atom is -0.396 e. The second kappa shape index (κ2) is 4.44. The van der Waals surface area contributed by atoms with E-state index in [1.54, 1.807) is 4.90 Å². The summed E-state index contributed by atoms with van der Waals surface area (Å²) in [6, 6.07) is 5.64. The fourth-order valence-corrected chi connectivity index (χ4v) is 2.21. The lowest BCUT2D eigenvalue weighted by Gasteiger charge is -2.18. The number of hydrogen-bond acceptors (Lipinski definition) is 2. The van der Waals surface area contributed by atoms with Gasteiger partial charge in [0, 0.05) is 25.5 Å². The van der Waals surface area contributed by atoms with Gasteiger partial charge in [0.15, 0.2) is 0 Å². The molecule has 0 radical (unpaired) electrons. The number of anilines is 1. The molecule has 0 aliphatic carbocycles. The molecule has 1 N–H and O–H groups in total. The number of aryl methyl sites for hydroxylation is 1. The van der Waals surface area contributed by atoms with Crippen molar-refractivity contribution in [2.45, 2.75) is 13.3 Å². The van der Waals surface area contributed by atoms with Gasteiger partial charge in [0.05, 0.1) is 10.7 Å². The van der Waals surface area contributed by atoms with Crippen LogP contribution in [-0.4, -0.2) is 24.2 Å². The molecule has 1 aliphatic rings. The molecule has 3 nitrogen and oxygen atoms in total. The van der Waals surface area contributed by atoms with E-state index in [1.165, 1.54) is 0 Å². The Bertz CT molecular complexity index is 419. The molecule has 0 spiro atoms. The van der Waals surface area contributed by atoms with Crippen LogP contribution in [0.15, 0.2) is 18.2 Å². The first-order valence-corrected chi connectivity index (χ1v) is 5.67. The largest absolute Gasteiger partial charge is 0.396 e. The van der Waals surface area contributed by atoms with E-state index in [2.05, 4.69) is 0 Å². The molecule has 1 aromatic rings. The van der Waals surface area contributed by atoms with Crippen LogP contribution >= 0.6 is 11.6 Å². The SMILES string of the molecule is Cc1cccc(N2CC(CO)CC2=O)c1Cl. The highest BCUT2D eigenvalue weighted by molar-refractivity contribution is 6.34. The molecule has 1 aliphatic heterocycles. The van der Waals surface area contributed by atoms with E-state index in [-0.39, 0.29) is 18.4 Å². The number of halogens is 1. The molecule has 0 aromatic heterocycles. The molecule has 1 fully saturated rings. The van der Waals surface area contributed by atoms with Crippen molar-refractivity contribution in [3.05, 3.63) is 28.8 Å². The van der Waals surface area contributed by atoms with Crippen LogP contribution in [0.2, 0.25) is 5.02 Å². The Labute approximate surface area is 99.6 Å². The fraction of sp³-hybridized carbons (Fsp3) is 0.417. The summed E-state index contributed by atoms with van der Waals surface area (Å²) in [5.74, 6) is 0.0654. The van der Waals surface area contributed by atoms with E-state index in [9.17, 15) is 4.79 Å². The van der Waals surface area contributed by atoms with E-state index >= 15 is 0 Å². The standard InChI is InChI=1S/C12H14ClNO2/c1-8-3-2-4-10(12(8)13)14-6-9(7-15)5-11(14)16/h2-4,9,15H,5-7H2,1H3. The van der Waals surface area contributed by atoms with Crippen molar-refractivity contribution in [1.29, 1.82) is 0 Å². The fourth-order valence-electron chi connectivity index (χ4n) is 1.98. The van der Waals surface area contributed by atoms with Gasteiger partial charge in [0.1, 0.15) is 0 Å². The van der Waals surface area contributed by atoms with Crippen molar-refractivity contribution in [3.8, 4) is 0 Å². The molecule has 86 valence electrons. The monoisotopic (exact) mass is 239 g/mol. The quantitative estimate of drug-likeness (QED) is 0.858. The summed E-state index contributed by atoms with van der Waals surface area (Å²) in [5.41, 5.74) is 1.71. The maximum absolute atomic E-state index is 11.8. The Kier molecular flexibility index (Phi) is 3.17. The van der Waals surface area contributed by atoms with Crippen molar-refractivity contribution in [3.63, 3.8) is 0 Å². The van der Waals surface area contributed by atoms with Crippen LogP contribution < -0.4 is 4.90 Å². The van der Waals surface area contributed by atoms with Crippen LogP contribution in [0.5, 0.6) is 0 Å². The topological polar surface area (TPSA) is 40.5 Å². The van der Waals surface area contributed by atoms with Crippen LogP contribution in [0.1, 0.15) is 12.0 Å². The van der Waals surface area contributed by atoms with Gasteiger partial charge in [0.25, 0.3) is 0 Å². The van der Waals surface area contributed by atoms with E-state index in [0.29, 0.717) is 18.0 Å². The summed E-state index contributed by atoms with van der Waals surface area (Å²) in [7, 11) is 0. The zero-order valence-corrected chi connectivity index (χ0v) is 9.87. The molecule has 16 heavy (non-hydrogen) atoms. The molecule has 0 saturated carbocycles. The summed E-state index contributed by atoms with van der Waals surface area (Å²) in [5, 5.41) is 9.68. The Morgan fingerprint density at radius 2 is 2.31 bits per heavy atom. The number of benzene rings is 1. The molecule has 1 aromatic carbocycles. The van der Waals surface area contributed by atoms with E-state index in [0.717, 1.165) is 11.3 Å². The van der Waals surface area contributed by atoms with Crippen molar-refractivity contribution in [2.24, 2.45) is 5.92 Å². The average Bonchev–Trinajstić information content (AvgIpc) is 2.64. The average molecular weight is 240 g/mol. The van der Waals surface area contributed by atoms with Gasteiger partial charge in [-0.2, -0.15) is 0 Å². The lowest BCUT2D eigenvalue weighted by Crippen LogP contribution is -2.25. The number of nitrogens with zero attached hydrogens (tertiary/aromatic N) is 1. The Balaban J connectivity index is 2.31. The molecular formula is C12H14ClNO2. The maximum Gasteiger partial charge on any atom is 0.227 e. The minimum absolute atomic E-state index is 0.0316. The normalized spacial score (nSPS) is 20.6. The molecule has 0 bridgehead atoms. The smallest absolute Gasteiger partial charge is 0.227 e. The molecular weight excluding hydrogens is 226 g/mol. The molecule has 1 amide bonds. The van der Waals surface area contributed by atoms with Crippen LogP contribution in [0.4, 0.5) is 5.69 Å². The van der Waals surface area contributed by atoms with Crippen molar-refractivity contribution in [2.75, 3.05) is 18.1 Å². The summed E-state index contributed by atoms with van der Waals surface area (Å²) in [6.45, 7) is 2.51. The lowest BCUT2D eigenvalue weighted by atomic mass is 10.1. The summed E-state index contributed by atoms with van der Waals surface area (Å²) < 4.78 is 0. The molecule has 4 heteroatoms. The van der Waals surface area contributed by atoms with Gasteiger partial charge >= 0.3 is 0 Å². The zero-order valence-electron chi connectivity index (χ0n) is 9.11. The summed E-state index contributed by atoms with van der Waals surface area (Å²) in [6.07, 6.45) is 0.404. The Morgan fingerprint density at radius 1 is 1.56 bits per heavy atom. The Hall–Kier alpha value is -1.06. The molecule has 1 heterocycles. The molecule has 1 atom stereocenters. The number of hydrogen-bond donors (Lipinski definition) is 1. The van der Waals surface area contributed by atoms with E-state index in [4.69, 9.17) is 16.7 Å². The first-order valence-electron chi connectivity index (χ1n) is 5.30. The third-order valence-corrected chi connectivity index (χ3v) is 3.42. The van der Waals surface area contributed by atoms with Gasteiger partial charge in [-0.05, 0) is 18.6 Å². The van der Waals surface area contributed by atoms with Crippen LogP contribution in [0.3, 0.4) is 0 Å². The van der Waals surface area contributed by atoms with Gasteiger partial charge in [0.2, 0.25) is 5.91 Å². The van der Waals surface area contributed by atoms with Gasteiger partial charge in [-0.15, -0.1) is 0 Å². The molecule has 1 saturated heterocycles. The van der Waals surface area contributed by atoms with Crippen LogP contribution in [0.25, 0.3) is 0 Å². The maximum atomic E-state index is 11.8. The summed E-state index contributed by atoms with van der Waals surface area (Å²) in [4.78, 5) is 13.4. The third kappa shape index (κ3) is 1.93. The van der Waals surface area contributed by atoms with Crippen LogP contribution in [0, 0.1) is 12.8 Å². The van der Waals surface area contributed by atoms with Gasteiger partial charge in [-0.1, -0.05) is 23.7 Å². The number of amides is 1. The number of rotatable bonds is 2.